The maximum atomic E-state index is 12.3. The third-order valence-electron chi connectivity index (χ3n) is 4.85. The van der Waals surface area contributed by atoms with Gasteiger partial charge in [0.25, 0.3) is 0 Å². The summed E-state index contributed by atoms with van der Waals surface area (Å²) in [7, 11) is 0. The van der Waals surface area contributed by atoms with Crippen molar-refractivity contribution in [1.82, 2.24) is 5.43 Å². The number of nitrogens with one attached hydrogen (secondary N) is 2. The number of amides is 2. The molecule has 3 aromatic carbocycles. The van der Waals surface area contributed by atoms with Gasteiger partial charge < -0.3 is 5.32 Å². The van der Waals surface area contributed by atoms with Crippen LogP contribution in [0.3, 0.4) is 0 Å². The van der Waals surface area contributed by atoms with Crippen LogP contribution in [-0.4, -0.2) is 17.5 Å². The summed E-state index contributed by atoms with van der Waals surface area (Å²) in [5.41, 5.74) is 7.93. The van der Waals surface area contributed by atoms with E-state index in [1.165, 1.54) is 0 Å². The molecule has 5 heteroatoms. The topological polar surface area (TPSA) is 70.6 Å². The Bertz CT molecular complexity index is 1120. The number of anilines is 1. The predicted octanol–water partition coefficient (Wildman–Crippen LogP) is 5.26. The fourth-order valence-corrected chi connectivity index (χ4v) is 3.04. The lowest BCUT2D eigenvalue weighted by Gasteiger charge is -2.09. The van der Waals surface area contributed by atoms with E-state index in [2.05, 4.69) is 15.8 Å². The standard InChI is InChI=1S/C27H27N3O2/c1-20-13-14-21(2)25(19-20)28-26(31)17-18-27(32)30-29-24(23-11-7-4-8-12-23)16-15-22-9-5-3-6-10-22/h3-16,19H,17-18H2,1-2H3,(H,28,31)(H,30,32)/b16-15+,29-24+. The van der Waals surface area contributed by atoms with E-state index < -0.39 is 0 Å². The van der Waals surface area contributed by atoms with Gasteiger partial charge in [-0.3, -0.25) is 9.59 Å². The smallest absolute Gasteiger partial charge is 0.240 e. The minimum atomic E-state index is -0.317. The minimum absolute atomic E-state index is 0.0463. The maximum Gasteiger partial charge on any atom is 0.240 e. The van der Waals surface area contributed by atoms with E-state index in [4.69, 9.17) is 0 Å². The molecule has 0 heterocycles. The molecule has 0 spiro atoms. The number of nitrogens with zero attached hydrogens (tertiary/aromatic N) is 1. The molecule has 162 valence electrons. The van der Waals surface area contributed by atoms with Crippen LogP contribution >= 0.6 is 0 Å². The van der Waals surface area contributed by atoms with Gasteiger partial charge in [0.2, 0.25) is 11.8 Å². The largest absolute Gasteiger partial charge is 0.326 e. The Labute approximate surface area is 188 Å². The fourth-order valence-electron chi connectivity index (χ4n) is 3.04. The van der Waals surface area contributed by atoms with Crippen molar-refractivity contribution in [2.45, 2.75) is 26.7 Å². The van der Waals surface area contributed by atoms with Gasteiger partial charge in [0.15, 0.2) is 0 Å². The summed E-state index contributed by atoms with van der Waals surface area (Å²) in [5, 5.41) is 7.16. The highest BCUT2D eigenvalue weighted by atomic mass is 16.2. The van der Waals surface area contributed by atoms with Crippen molar-refractivity contribution < 1.29 is 9.59 Å². The second-order valence-electron chi connectivity index (χ2n) is 7.51. The molecule has 2 amide bonds. The normalized spacial score (nSPS) is 11.4. The lowest BCUT2D eigenvalue weighted by molar-refractivity contribution is -0.124. The zero-order chi connectivity index (χ0) is 22.8. The van der Waals surface area contributed by atoms with Gasteiger partial charge in [-0.15, -0.1) is 0 Å². The van der Waals surface area contributed by atoms with Crippen molar-refractivity contribution in [3.8, 4) is 0 Å². The molecular formula is C27H27N3O2. The Kier molecular flexibility index (Phi) is 8.09. The van der Waals surface area contributed by atoms with E-state index in [0.717, 1.165) is 27.9 Å². The van der Waals surface area contributed by atoms with Gasteiger partial charge >= 0.3 is 0 Å². The Morgan fingerprint density at radius 3 is 2.22 bits per heavy atom. The Morgan fingerprint density at radius 1 is 0.844 bits per heavy atom. The monoisotopic (exact) mass is 425 g/mol. The lowest BCUT2D eigenvalue weighted by atomic mass is 10.1. The zero-order valence-corrected chi connectivity index (χ0v) is 18.3. The quantitative estimate of drug-likeness (QED) is 0.382. The van der Waals surface area contributed by atoms with Crippen molar-refractivity contribution in [1.29, 1.82) is 0 Å². The van der Waals surface area contributed by atoms with Crippen molar-refractivity contribution in [3.63, 3.8) is 0 Å². The summed E-state index contributed by atoms with van der Waals surface area (Å²) in [6.07, 6.45) is 3.92. The third-order valence-corrected chi connectivity index (χ3v) is 4.85. The molecule has 0 aromatic heterocycles. The first kappa shape index (κ1) is 22.7. The van der Waals surface area contributed by atoms with E-state index in [1.807, 2.05) is 105 Å². The number of carbonyl (C=O) groups excluding carboxylic acids is 2. The molecular weight excluding hydrogens is 398 g/mol. The van der Waals surface area contributed by atoms with Crippen LogP contribution in [0.15, 0.2) is 90.0 Å². The molecule has 0 saturated carbocycles. The van der Waals surface area contributed by atoms with E-state index in [-0.39, 0.29) is 24.7 Å². The maximum absolute atomic E-state index is 12.3. The third kappa shape index (κ3) is 7.06. The molecule has 0 radical (unpaired) electrons. The Balaban J connectivity index is 1.60. The van der Waals surface area contributed by atoms with Gasteiger partial charge in [-0.05, 0) is 42.7 Å². The number of hydrazone groups is 1. The van der Waals surface area contributed by atoms with Crippen LogP contribution in [0.1, 0.15) is 35.1 Å². The highest BCUT2D eigenvalue weighted by molar-refractivity contribution is 6.11. The summed E-state index contributed by atoms with van der Waals surface area (Å²) in [6, 6.07) is 25.4. The highest BCUT2D eigenvalue weighted by Gasteiger charge is 2.09. The number of hydrogen-bond acceptors (Lipinski definition) is 3. The summed E-state index contributed by atoms with van der Waals surface area (Å²) in [6.45, 7) is 3.90. The zero-order valence-electron chi connectivity index (χ0n) is 18.3. The second kappa shape index (κ2) is 11.4. The Morgan fingerprint density at radius 2 is 1.50 bits per heavy atom. The number of allylic oxidation sites excluding steroid dienone is 1. The minimum Gasteiger partial charge on any atom is -0.326 e. The lowest BCUT2D eigenvalue weighted by Crippen LogP contribution is -2.22. The summed E-state index contributed by atoms with van der Waals surface area (Å²) in [5.74, 6) is -0.521. The second-order valence-corrected chi connectivity index (χ2v) is 7.51. The molecule has 32 heavy (non-hydrogen) atoms. The fraction of sp³-hybridized carbons (Fsp3) is 0.148. The van der Waals surface area contributed by atoms with Crippen molar-refractivity contribution in [2.24, 2.45) is 5.10 Å². The molecule has 0 saturated heterocycles. The predicted molar refractivity (Wildman–Crippen MR) is 130 cm³/mol. The van der Waals surface area contributed by atoms with Crippen LogP contribution in [0.25, 0.3) is 6.08 Å². The number of hydrogen-bond donors (Lipinski definition) is 2. The molecule has 0 unspecified atom stereocenters. The SMILES string of the molecule is Cc1ccc(C)c(NC(=O)CCC(=O)N/N=C(\C=C\c2ccccc2)c2ccccc2)c1. The van der Waals surface area contributed by atoms with Crippen LogP contribution in [0.5, 0.6) is 0 Å². The molecule has 5 nitrogen and oxygen atoms in total. The molecule has 0 aliphatic heterocycles. The first-order valence-corrected chi connectivity index (χ1v) is 10.5. The molecule has 2 N–H and O–H groups in total. The summed E-state index contributed by atoms with van der Waals surface area (Å²) < 4.78 is 0. The molecule has 0 aliphatic carbocycles. The molecule has 0 atom stereocenters. The van der Waals surface area contributed by atoms with Crippen LogP contribution in [0, 0.1) is 13.8 Å². The number of carbonyl (C=O) groups is 2. The summed E-state index contributed by atoms with van der Waals surface area (Å²) in [4.78, 5) is 24.6. The first-order chi connectivity index (χ1) is 15.5. The van der Waals surface area contributed by atoms with Gasteiger partial charge in [-0.1, -0.05) is 78.9 Å². The number of aryl methyl sites for hydroxylation is 2. The van der Waals surface area contributed by atoms with E-state index in [1.54, 1.807) is 0 Å². The van der Waals surface area contributed by atoms with Gasteiger partial charge in [0, 0.05) is 24.1 Å². The molecule has 0 bridgehead atoms. The number of benzene rings is 3. The average molecular weight is 426 g/mol. The van der Waals surface area contributed by atoms with Crippen molar-refractivity contribution in [2.75, 3.05) is 5.32 Å². The average Bonchev–Trinajstić information content (AvgIpc) is 2.81. The number of rotatable bonds is 8. The van der Waals surface area contributed by atoms with Crippen molar-refractivity contribution >= 4 is 29.3 Å². The summed E-state index contributed by atoms with van der Waals surface area (Å²) >= 11 is 0. The van der Waals surface area contributed by atoms with E-state index in [0.29, 0.717) is 5.71 Å². The highest BCUT2D eigenvalue weighted by Crippen LogP contribution is 2.16. The molecule has 3 aromatic rings. The molecule has 3 rings (SSSR count). The van der Waals surface area contributed by atoms with Gasteiger partial charge in [-0.2, -0.15) is 5.10 Å². The van der Waals surface area contributed by atoms with E-state index >= 15 is 0 Å². The van der Waals surface area contributed by atoms with Crippen LogP contribution in [0.2, 0.25) is 0 Å². The van der Waals surface area contributed by atoms with Gasteiger partial charge in [0.05, 0.1) is 5.71 Å². The molecule has 0 fully saturated rings. The van der Waals surface area contributed by atoms with E-state index in [9.17, 15) is 9.59 Å². The Hall–Kier alpha value is -3.99. The van der Waals surface area contributed by atoms with Crippen molar-refractivity contribution in [3.05, 3.63) is 107 Å². The van der Waals surface area contributed by atoms with Gasteiger partial charge in [-0.25, -0.2) is 5.43 Å². The first-order valence-electron chi connectivity index (χ1n) is 10.5. The molecule has 0 aliphatic rings. The van der Waals surface area contributed by atoms with Crippen LogP contribution in [0.4, 0.5) is 5.69 Å². The van der Waals surface area contributed by atoms with Gasteiger partial charge in [0.1, 0.15) is 0 Å². The van der Waals surface area contributed by atoms with Crippen LogP contribution < -0.4 is 10.7 Å². The van der Waals surface area contributed by atoms with Crippen LogP contribution in [-0.2, 0) is 9.59 Å².